The largest absolute Gasteiger partial charge is 0.503 e. The topological polar surface area (TPSA) is 101 Å². The molecule has 33 heavy (non-hydrogen) atoms. The average Bonchev–Trinajstić information content (AvgIpc) is 3.09. The van der Waals surface area contributed by atoms with E-state index < -0.39 is 28.4 Å². The van der Waals surface area contributed by atoms with Crippen LogP contribution in [0.3, 0.4) is 0 Å². The molecule has 0 saturated heterocycles. The summed E-state index contributed by atoms with van der Waals surface area (Å²) in [6.07, 6.45) is 2.82. The van der Waals surface area contributed by atoms with Crippen molar-refractivity contribution in [2.75, 3.05) is 4.90 Å². The number of para-hydroxylation sites is 1. The molecule has 0 aromatic heterocycles. The summed E-state index contributed by atoms with van der Waals surface area (Å²) in [6, 6.07) is 20.7. The van der Waals surface area contributed by atoms with Gasteiger partial charge < -0.3 is 5.11 Å². The zero-order valence-corrected chi connectivity index (χ0v) is 19.2. The van der Waals surface area contributed by atoms with Crippen LogP contribution in [0.25, 0.3) is 6.08 Å². The zero-order chi connectivity index (χ0) is 23.5. The second-order valence-corrected chi connectivity index (χ2v) is 8.49. The number of aliphatic hydroxyl groups excluding tert-OH is 1. The summed E-state index contributed by atoms with van der Waals surface area (Å²) in [5.74, 6) is -2.13. The van der Waals surface area contributed by atoms with Gasteiger partial charge in [-0.3, -0.25) is 24.6 Å². The minimum absolute atomic E-state index is 0.134. The lowest BCUT2D eigenvalue weighted by Gasteiger charge is -2.26. The van der Waals surface area contributed by atoms with Gasteiger partial charge >= 0.3 is 0 Å². The van der Waals surface area contributed by atoms with Gasteiger partial charge in [0, 0.05) is 15.3 Å². The Kier molecular flexibility index (Phi) is 6.36. The molecule has 7 nitrogen and oxygen atoms in total. The number of aliphatic hydroxyl groups is 1. The van der Waals surface area contributed by atoms with Crippen molar-refractivity contribution in [3.8, 4) is 0 Å². The van der Waals surface area contributed by atoms with E-state index in [1.165, 1.54) is 29.2 Å². The van der Waals surface area contributed by atoms with E-state index in [2.05, 4.69) is 22.6 Å². The van der Waals surface area contributed by atoms with Crippen molar-refractivity contribution in [1.82, 2.24) is 0 Å². The Hall–Kier alpha value is -3.79. The van der Waals surface area contributed by atoms with Gasteiger partial charge in [0.1, 0.15) is 6.04 Å². The van der Waals surface area contributed by atoms with Gasteiger partial charge in [0.15, 0.2) is 11.5 Å². The molecule has 0 saturated carbocycles. The Morgan fingerprint density at radius 2 is 1.64 bits per heavy atom. The van der Waals surface area contributed by atoms with E-state index in [4.69, 9.17) is 0 Å². The molecule has 164 valence electrons. The molecule has 1 N–H and O–H groups in total. The van der Waals surface area contributed by atoms with E-state index in [0.29, 0.717) is 5.69 Å². The summed E-state index contributed by atoms with van der Waals surface area (Å²) in [5, 5.41) is 22.5. The summed E-state index contributed by atoms with van der Waals surface area (Å²) in [7, 11) is 0. The van der Waals surface area contributed by atoms with Crippen LogP contribution in [0.2, 0.25) is 0 Å². The fourth-order valence-electron chi connectivity index (χ4n) is 3.73. The molecule has 1 aliphatic rings. The highest BCUT2D eigenvalue weighted by Crippen LogP contribution is 2.44. The van der Waals surface area contributed by atoms with Crippen LogP contribution in [0.15, 0.2) is 96.3 Å². The zero-order valence-electron chi connectivity index (χ0n) is 17.1. The number of amides is 1. The highest BCUT2D eigenvalue weighted by molar-refractivity contribution is 14.1. The number of hydrogen-bond acceptors (Lipinski definition) is 5. The standard InChI is InChI=1S/C25H17IN2O5/c26-17-11-13-18(14-12-17)27-23(19-8-4-5-9-20(19)28(32)33)22(24(30)25(27)31)21(29)15-10-16-6-2-1-3-7-16/h1-15,23,30H/b15-10+. The van der Waals surface area contributed by atoms with Crippen LogP contribution >= 0.6 is 22.6 Å². The second kappa shape index (κ2) is 9.37. The summed E-state index contributed by atoms with van der Waals surface area (Å²) in [6.45, 7) is 0. The number of halogens is 1. The van der Waals surface area contributed by atoms with E-state index in [1.54, 1.807) is 48.5 Å². The molecule has 0 radical (unpaired) electrons. The minimum atomic E-state index is -1.16. The number of benzene rings is 3. The first kappa shape index (κ1) is 22.4. The number of hydrogen-bond donors (Lipinski definition) is 1. The predicted octanol–water partition coefficient (Wildman–Crippen LogP) is 5.38. The van der Waals surface area contributed by atoms with Gasteiger partial charge in [-0.25, -0.2) is 0 Å². The molecule has 1 amide bonds. The molecule has 3 aromatic carbocycles. The molecule has 1 atom stereocenters. The SMILES string of the molecule is O=C(/C=C/c1ccccc1)C1=C(O)C(=O)N(c2ccc(I)cc2)C1c1ccccc1[N+](=O)[O-]. The molecule has 1 aliphatic heterocycles. The monoisotopic (exact) mass is 552 g/mol. The van der Waals surface area contributed by atoms with Gasteiger partial charge in [0.05, 0.1) is 16.1 Å². The van der Waals surface area contributed by atoms with Crippen LogP contribution in [-0.2, 0) is 9.59 Å². The number of carbonyl (C=O) groups is 2. The van der Waals surface area contributed by atoms with Crippen LogP contribution < -0.4 is 4.90 Å². The van der Waals surface area contributed by atoms with E-state index in [1.807, 2.05) is 18.2 Å². The number of rotatable bonds is 6. The molecule has 0 spiro atoms. The lowest BCUT2D eigenvalue weighted by molar-refractivity contribution is -0.385. The van der Waals surface area contributed by atoms with Crippen molar-refractivity contribution < 1.29 is 19.6 Å². The maximum absolute atomic E-state index is 13.2. The fourth-order valence-corrected chi connectivity index (χ4v) is 4.09. The van der Waals surface area contributed by atoms with Crippen LogP contribution in [0.4, 0.5) is 11.4 Å². The van der Waals surface area contributed by atoms with E-state index in [0.717, 1.165) is 9.13 Å². The normalized spacial score (nSPS) is 16.0. The smallest absolute Gasteiger partial charge is 0.294 e. The highest BCUT2D eigenvalue weighted by Gasteiger charge is 2.46. The van der Waals surface area contributed by atoms with Gasteiger partial charge in [-0.15, -0.1) is 0 Å². The summed E-state index contributed by atoms with van der Waals surface area (Å²) in [5.41, 5.74) is 0.838. The Labute approximate surface area is 203 Å². The van der Waals surface area contributed by atoms with Gasteiger partial charge in [-0.1, -0.05) is 48.5 Å². The molecule has 1 heterocycles. The minimum Gasteiger partial charge on any atom is -0.503 e. The maximum atomic E-state index is 13.2. The summed E-state index contributed by atoms with van der Waals surface area (Å²) in [4.78, 5) is 38.7. The first-order valence-electron chi connectivity index (χ1n) is 9.91. The number of nitro groups is 1. The number of anilines is 1. The third-order valence-corrected chi connectivity index (χ3v) is 5.95. The molecular formula is C25H17IN2O5. The van der Waals surface area contributed by atoms with E-state index >= 15 is 0 Å². The Morgan fingerprint density at radius 1 is 1.00 bits per heavy atom. The molecule has 4 rings (SSSR count). The van der Waals surface area contributed by atoms with E-state index in [-0.39, 0.29) is 16.8 Å². The Balaban J connectivity index is 1.85. The fraction of sp³-hybridized carbons (Fsp3) is 0.0400. The van der Waals surface area contributed by atoms with Crippen molar-refractivity contribution in [2.24, 2.45) is 0 Å². The predicted molar refractivity (Wildman–Crippen MR) is 133 cm³/mol. The quantitative estimate of drug-likeness (QED) is 0.192. The van der Waals surface area contributed by atoms with Crippen LogP contribution in [0.1, 0.15) is 17.2 Å². The molecular weight excluding hydrogens is 535 g/mol. The van der Waals surface area contributed by atoms with Crippen molar-refractivity contribution in [1.29, 1.82) is 0 Å². The Morgan fingerprint density at radius 3 is 2.30 bits per heavy atom. The first-order chi connectivity index (χ1) is 15.9. The molecule has 1 unspecified atom stereocenters. The number of allylic oxidation sites excluding steroid dienone is 1. The van der Waals surface area contributed by atoms with Crippen LogP contribution in [-0.4, -0.2) is 21.7 Å². The van der Waals surface area contributed by atoms with Crippen molar-refractivity contribution in [2.45, 2.75) is 6.04 Å². The third-order valence-electron chi connectivity index (χ3n) is 5.23. The van der Waals surface area contributed by atoms with Gasteiger partial charge in [-0.2, -0.15) is 0 Å². The molecule has 3 aromatic rings. The third kappa shape index (κ3) is 4.42. The molecule has 0 aliphatic carbocycles. The lowest BCUT2D eigenvalue weighted by atomic mass is 9.94. The highest BCUT2D eigenvalue weighted by atomic mass is 127. The number of nitro benzene ring substituents is 1. The number of carbonyl (C=O) groups excluding carboxylic acids is 2. The van der Waals surface area contributed by atoms with Crippen LogP contribution in [0, 0.1) is 13.7 Å². The van der Waals surface area contributed by atoms with Gasteiger partial charge in [-0.05, 0) is 64.6 Å². The van der Waals surface area contributed by atoms with Crippen molar-refractivity contribution in [3.05, 3.63) is 121 Å². The second-order valence-electron chi connectivity index (χ2n) is 7.24. The number of nitrogens with zero attached hydrogens (tertiary/aromatic N) is 2. The summed E-state index contributed by atoms with van der Waals surface area (Å²) < 4.78 is 0.921. The van der Waals surface area contributed by atoms with Gasteiger partial charge in [0.25, 0.3) is 11.6 Å². The lowest BCUT2D eigenvalue weighted by Crippen LogP contribution is -2.31. The van der Waals surface area contributed by atoms with Crippen molar-refractivity contribution >= 4 is 51.7 Å². The van der Waals surface area contributed by atoms with E-state index in [9.17, 15) is 24.8 Å². The van der Waals surface area contributed by atoms with Crippen molar-refractivity contribution in [3.63, 3.8) is 0 Å². The summed E-state index contributed by atoms with van der Waals surface area (Å²) >= 11 is 2.12. The molecule has 0 fully saturated rings. The molecule has 8 heteroatoms. The average molecular weight is 552 g/mol. The number of ketones is 1. The van der Waals surface area contributed by atoms with Crippen LogP contribution in [0.5, 0.6) is 0 Å². The van der Waals surface area contributed by atoms with Gasteiger partial charge in [0.2, 0.25) is 0 Å². The molecule has 0 bridgehead atoms. The maximum Gasteiger partial charge on any atom is 0.294 e. The Bertz CT molecular complexity index is 1300. The first-order valence-corrected chi connectivity index (χ1v) is 11.0.